The molecule has 1 aliphatic heterocycles. The van der Waals surface area contributed by atoms with Gasteiger partial charge in [-0.3, -0.25) is 14.4 Å². The Labute approximate surface area is 465 Å². The molecule has 6 atom stereocenters. The smallest absolute Gasteiger partial charge is 0.335 e. The van der Waals surface area contributed by atoms with E-state index in [1.54, 1.807) is 6.08 Å². The van der Waals surface area contributed by atoms with Gasteiger partial charge in [-0.15, -0.1) is 0 Å². The summed E-state index contributed by atoms with van der Waals surface area (Å²) >= 11 is 0. The van der Waals surface area contributed by atoms with E-state index >= 15 is 0 Å². The molecule has 0 aromatic rings. The van der Waals surface area contributed by atoms with Crippen LogP contribution in [0.5, 0.6) is 0 Å². The first kappa shape index (κ1) is 70.1. The minimum Gasteiger partial charge on any atom is -0.479 e. The lowest BCUT2D eigenvalue weighted by atomic mass is 9.98. The molecule has 0 aliphatic carbocycles. The van der Waals surface area contributed by atoms with E-state index in [-0.39, 0.29) is 19.3 Å². The summed E-state index contributed by atoms with van der Waals surface area (Å²) in [6.07, 6.45) is 59.1. The van der Waals surface area contributed by atoms with Crippen LogP contribution >= 0.6 is 0 Å². The lowest BCUT2D eigenvalue weighted by Crippen LogP contribution is -2.61. The number of carbonyl (C=O) groups excluding carboxylic acids is 3. The van der Waals surface area contributed by atoms with Gasteiger partial charge in [-0.25, -0.2) is 4.79 Å². The van der Waals surface area contributed by atoms with Crippen LogP contribution in [0.15, 0.2) is 122 Å². The summed E-state index contributed by atoms with van der Waals surface area (Å²) in [5, 5.41) is 31.5. The number of carboxylic acids is 1. The molecular weight excluding hydrogens is 973 g/mol. The number of carboxylic acid groups (broad SMARTS) is 1. The maximum atomic E-state index is 13.1. The first-order chi connectivity index (χ1) is 37.6. The Bertz CT molecular complexity index is 1800. The van der Waals surface area contributed by atoms with Crippen LogP contribution in [-0.4, -0.2) is 89.2 Å². The highest BCUT2D eigenvalue weighted by atomic mass is 16.7. The van der Waals surface area contributed by atoms with Gasteiger partial charge >= 0.3 is 23.9 Å². The zero-order valence-electron chi connectivity index (χ0n) is 47.7. The number of aliphatic carboxylic acids is 1. The van der Waals surface area contributed by atoms with E-state index in [9.17, 15) is 34.5 Å². The van der Waals surface area contributed by atoms with Crippen molar-refractivity contribution < 1.29 is 58.2 Å². The van der Waals surface area contributed by atoms with Crippen molar-refractivity contribution in [2.45, 2.75) is 250 Å². The molecule has 1 heterocycles. The maximum Gasteiger partial charge on any atom is 0.335 e. The first-order valence-corrected chi connectivity index (χ1v) is 29.5. The third-order valence-corrected chi connectivity index (χ3v) is 12.5. The molecule has 77 heavy (non-hydrogen) atoms. The number of carbonyl (C=O) groups is 4. The number of ether oxygens (including phenoxy) is 5. The van der Waals surface area contributed by atoms with Gasteiger partial charge in [0.1, 0.15) is 18.8 Å². The number of hydrogen-bond donors (Lipinski definition) is 3. The molecule has 0 radical (unpaired) electrons. The topological polar surface area (TPSA) is 175 Å². The Morgan fingerprint density at radius 3 is 1.35 bits per heavy atom. The predicted molar refractivity (Wildman–Crippen MR) is 312 cm³/mol. The van der Waals surface area contributed by atoms with Gasteiger partial charge in [0.05, 0.1) is 13.0 Å². The Morgan fingerprint density at radius 1 is 0.455 bits per heavy atom. The van der Waals surface area contributed by atoms with Gasteiger partial charge in [-0.1, -0.05) is 206 Å². The quantitative estimate of drug-likeness (QED) is 0.0228. The molecule has 1 aliphatic rings. The van der Waals surface area contributed by atoms with Gasteiger partial charge in [-0.2, -0.15) is 0 Å². The van der Waals surface area contributed by atoms with Crippen LogP contribution in [0.3, 0.4) is 0 Å². The average Bonchev–Trinajstić information content (AvgIpc) is 3.42. The molecule has 1 rings (SSSR count). The second kappa shape index (κ2) is 51.9. The third-order valence-electron chi connectivity index (χ3n) is 12.5. The fourth-order valence-electron chi connectivity index (χ4n) is 8.07. The highest BCUT2D eigenvalue weighted by Gasteiger charge is 2.50. The monoisotopic (exact) mass is 1070 g/mol. The number of aliphatic hydroxyl groups is 2. The number of allylic oxidation sites excluding steroid dienone is 19. The van der Waals surface area contributed by atoms with Crippen molar-refractivity contribution in [1.82, 2.24) is 0 Å². The maximum absolute atomic E-state index is 13.1. The number of esters is 3. The summed E-state index contributed by atoms with van der Waals surface area (Å²) in [7, 11) is 0. The van der Waals surface area contributed by atoms with E-state index in [1.165, 1.54) is 38.5 Å². The predicted octanol–water partition coefficient (Wildman–Crippen LogP) is 15.2. The number of unbranched alkanes of at least 4 members (excludes halogenated alkanes) is 15. The van der Waals surface area contributed by atoms with Crippen molar-refractivity contribution >= 4 is 23.9 Å². The molecule has 12 nitrogen and oxygen atoms in total. The summed E-state index contributed by atoms with van der Waals surface area (Å²) in [6, 6.07) is 0. The zero-order valence-corrected chi connectivity index (χ0v) is 47.7. The summed E-state index contributed by atoms with van der Waals surface area (Å²) in [5.41, 5.74) is 0. The van der Waals surface area contributed by atoms with E-state index in [0.29, 0.717) is 19.3 Å². The molecular formula is C65H102O12. The number of aliphatic hydroxyl groups excluding tert-OH is 2. The average molecular weight is 1080 g/mol. The lowest BCUT2D eigenvalue weighted by molar-refractivity contribution is -0.301. The Kier molecular flexibility index (Phi) is 47.2. The second-order valence-corrected chi connectivity index (χ2v) is 19.5. The molecule has 3 N–H and O–H groups in total. The van der Waals surface area contributed by atoms with Crippen LogP contribution in [-0.2, 0) is 42.9 Å². The number of hydrogen-bond acceptors (Lipinski definition) is 11. The molecule has 12 heteroatoms. The Morgan fingerprint density at radius 2 is 0.857 bits per heavy atom. The molecule has 0 aromatic heterocycles. The van der Waals surface area contributed by atoms with Gasteiger partial charge in [0.15, 0.2) is 24.6 Å². The van der Waals surface area contributed by atoms with Crippen LogP contribution in [0, 0.1) is 0 Å². The molecule has 1 fully saturated rings. The SMILES string of the molecule is CC/C=C\C/C=C\C/C=C\C/C=C\C/C=C\CC(=O)OCC(COC1OC(C(=O)O)C(O)C(O)C1OC(=O)CCCCCCCCC/C=C\CCCCCCCC)OC(=O)CCCC/C=C\C/C=C\C/C=C\C/C=C\CC. The fourth-order valence-corrected chi connectivity index (χ4v) is 8.07. The Balaban J connectivity index is 2.77. The lowest BCUT2D eigenvalue weighted by Gasteiger charge is -2.40. The van der Waals surface area contributed by atoms with Crippen LogP contribution in [0.2, 0.25) is 0 Å². The van der Waals surface area contributed by atoms with E-state index in [2.05, 4.69) is 124 Å². The van der Waals surface area contributed by atoms with Crippen molar-refractivity contribution in [2.24, 2.45) is 0 Å². The molecule has 0 amide bonds. The minimum atomic E-state index is -1.93. The van der Waals surface area contributed by atoms with E-state index < -0.39 is 73.9 Å². The highest BCUT2D eigenvalue weighted by molar-refractivity contribution is 5.74. The second-order valence-electron chi connectivity index (χ2n) is 19.5. The molecule has 0 bridgehead atoms. The van der Waals surface area contributed by atoms with Crippen LogP contribution in [0.25, 0.3) is 0 Å². The van der Waals surface area contributed by atoms with Gasteiger partial charge in [0.25, 0.3) is 0 Å². The Hall–Kier alpha value is -4.88. The fraction of sp³-hybridized carbons (Fsp3) is 0.631. The molecule has 434 valence electrons. The van der Waals surface area contributed by atoms with Crippen LogP contribution in [0.1, 0.15) is 213 Å². The van der Waals surface area contributed by atoms with Crippen molar-refractivity contribution in [1.29, 1.82) is 0 Å². The third kappa shape index (κ3) is 41.8. The van der Waals surface area contributed by atoms with Crippen molar-refractivity contribution in [3.8, 4) is 0 Å². The summed E-state index contributed by atoms with van der Waals surface area (Å²) in [6.45, 7) is 5.62. The molecule has 0 spiro atoms. The summed E-state index contributed by atoms with van der Waals surface area (Å²) in [4.78, 5) is 51.1. The van der Waals surface area contributed by atoms with Crippen LogP contribution < -0.4 is 0 Å². The summed E-state index contributed by atoms with van der Waals surface area (Å²) < 4.78 is 28.2. The minimum absolute atomic E-state index is 0.0300. The summed E-state index contributed by atoms with van der Waals surface area (Å²) in [5.74, 6) is -3.36. The van der Waals surface area contributed by atoms with E-state index in [1.807, 2.05) is 12.2 Å². The van der Waals surface area contributed by atoms with E-state index in [0.717, 1.165) is 116 Å². The molecule has 0 saturated carbocycles. The van der Waals surface area contributed by atoms with Crippen LogP contribution in [0.4, 0.5) is 0 Å². The number of rotatable bonds is 48. The van der Waals surface area contributed by atoms with Crippen molar-refractivity contribution in [3.63, 3.8) is 0 Å². The van der Waals surface area contributed by atoms with Gasteiger partial charge in [0.2, 0.25) is 0 Å². The van der Waals surface area contributed by atoms with Gasteiger partial charge in [0, 0.05) is 12.8 Å². The zero-order chi connectivity index (χ0) is 56.1. The molecule has 6 unspecified atom stereocenters. The molecule has 1 saturated heterocycles. The van der Waals surface area contributed by atoms with Crippen molar-refractivity contribution in [3.05, 3.63) is 122 Å². The highest BCUT2D eigenvalue weighted by Crippen LogP contribution is 2.26. The normalized spacial score (nSPS) is 18.9. The standard InChI is InChI=1S/C65H102O12/c1-4-7-10-13-16-19-22-25-28-29-32-35-38-41-44-47-50-53-59(68)76-63-61(70)60(69)62(64(71)72)77-65(63)74-55-56(75-58(67)52-49-46-43-40-37-34-31-27-24-21-18-15-12-9-6-3)54-73-57(66)51-48-45-42-39-36-33-30-26-23-20-17-14-11-8-5-2/h8-9,11-12,17-18,20-21,25-28,30-31,36-37,39-40,45,48,56,60-63,65,69-70H,4-7,10,13-16,19,22-24,29,32-35,38,41-44,46-47,49-55H2,1-3H3,(H,71,72)/b11-8-,12-9-,20-17-,21-18-,28-25-,30-26-,31-27-,39-36-,40-37-,48-45-. The van der Waals surface area contributed by atoms with Gasteiger partial charge in [-0.05, 0) is 109 Å². The largest absolute Gasteiger partial charge is 0.479 e. The molecule has 0 aromatic carbocycles. The van der Waals surface area contributed by atoms with Crippen molar-refractivity contribution in [2.75, 3.05) is 13.2 Å². The van der Waals surface area contributed by atoms with E-state index in [4.69, 9.17) is 23.7 Å². The first-order valence-electron chi connectivity index (χ1n) is 29.5. The van der Waals surface area contributed by atoms with Gasteiger partial charge < -0.3 is 39.0 Å².